The van der Waals surface area contributed by atoms with E-state index in [0.717, 1.165) is 12.1 Å². The van der Waals surface area contributed by atoms with Crippen LogP contribution in [0, 0.1) is 0 Å². The van der Waals surface area contributed by atoms with Crippen LogP contribution in [0.2, 0.25) is 0 Å². The van der Waals surface area contributed by atoms with E-state index >= 15 is 0 Å². The lowest BCUT2D eigenvalue weighted by Crippen LogP contribution is -2.17. The Morgan fingerprint density at radius 3 is 2.42 bits per heavy atom. The molecule has 0 fully saturated rings. The summed E-state index contributed by atoms with van der Waals surface area (Å²) in [6.45, 7) is 0. The average molecular weight is 269 g/mol. The van der Waals surface area contributed by atoms with Crippen LogP contribution in [0.4, 0.5) is 13.2 Å². The zero-order chi connectivity index (χ0) is 14.2. The molecular formula is C13H10F3NO2. The molecular weight excluding hydrogens is 259 g/mol. The van der Waals surface area contributed by atoms with Crippen LogP contribution in [0.25, 0.3) is 11.1 Å². The number of phenols is 1. The van der Waals surface area contributed by atoms with Crippen molar-refractivity contribution in [3.8, 4) is 16.9 Å². The highest BCUT2D eigenvalue weighted by Gasteiger charge is 2.31. The summed E-state index contributed by atoms with van der Waals surface area (Å²) in [7, 11) is 1.52. The van der Waals surface area contributed by atoms with Gasteiger partial charge in [0.1, 0.15) is 5.75 Å². The Morgan fingerprint density at radius 1 is 1.16 bits per heavy atom. The minimum absolute atomic E-state index is 0.0780. The van der Waals surface area contributed by atoms with Crippen molar-refractivity contribution >= 4 is 0 Å². The number of alkyl halides is 3. The second-order valence-electron chi connectivity index (χ2n) is 4.07. The van der Waals surface area contributed by atoms with Crippen molar-refractivity contribution in [3.05, 3.63) is 52.4 Å². The van der Waals surface area contributed by atoms with E-state index in [-0.39, 0.29) is 11.1 Å². The molecule has 0 amide bonds. The maximum absolute atomic E-state index is 12.5. The van der Waals surface area contributed by atoms with Crippen LogP contribution in [0.15, 0.2) is 41.3 Å². The summed E-state index contributed by atoms with van der Waals surface area (Å²) >= 11 is 0. The number of pyridine rings is 1. The van der Waals surface area contributed by atoms with Crippen LogP contribution in [-0.4, -0.2) is 9.67 Å². The van der Waals surface area contributed by atoms with Gasteiger partial charge >= 0.3 is 6.18 Å². The van der Waals surface area contributed by atoms with Gasteiger partial charge in [-0.25, -0.2) is 0 Å². The highest BCUT2D eigenvalue weighted by atomic mass is 19.4. The Balaban J connectivity index is 2.59. The number of halogens is 3. The van der Waals surface area contributed by atoms with Gasteiger partial charge in [0.25, 0.3) is 5.56 Å². The fourth-order valence-corrected chi connectivity index (χ4v) is 1.74. The minimum Gasteiger partial charge on any atom is -0.507 e. The Kier molecular flexibility index (Phi) is 3.09. The van der Waals surface area contributed by atoms with Crippen molar-refractivity contribution in [2.45, 2.75) is 6.18 Å². The SMILES string of the molecule is Cn1cccc(-c2ccc(C(F)(F)F)cc2O)c1=O. The normalized spacial score (nSPS) is 11.6. The van der Waals surface area contributed by atoms with Gasteiger partial charge in [0.15, 0.2) is 0 Å². The Bertz CT molecular complexity index is 674. The van der Waals surface area contributed by atoms with E-state index in [1.165, 1.54) is 23.9 Å². The quantitative estimate of drug-likeness (QED) is 0.865. The van der Waals surface area contributed by atoms with Gasteiger partial charge in [-0.2, -0.15) is 13.2 Å². The first-order valence-electron chi connectivity index (χ1n) is 5.37. The molecule has 0 radical (unpaired) electrons. The second-order valence-corrected chi connectivity index (χ2v) is 4.07. The number of hydrogen-bond acceptors (Lipinski definition) is 2. The van der Waals surface area contributed by atoms with Crippen LogP contribution < -0.4 is 5.56 Å². The van der Waals surface area contributed by atoms with Crippen molar-refractivity contribution in [2.24, 2.45) is 7.05 Å². The van der Waals surface area contributed by atoms with E-state index in [1.807, 2.05) is 0 Å². The highest BCUT2D eigenvalue weighted by Crippen LogP contribution is 2.35. The van der Waals surface area contributed by atoms with Gasteiger partial charge in [-0.15, -0.1) is 0 Å². The Labute approximate surface area is 106 Å². The maximum atomic E-state index is 12.5. The third kappa shape index (κ3) is 2.47. The molecule has 0 spiro atoms. The van der Waals surface area contributed by atoms with Crippen molar-refractivity contribution in [1.29, 1.82) is 0 Å². The third-order valence-corrected chi connectivity index (χ3v) is 2.74. The lowest BCUT2D eigenvalue weighted by Gasteiger charge is -2.10. The Morgan fingerprint density at radius 2 is 1.84 bits per heavy atom. The monoisotopic (exact) mass is 269 g/mol. The summed E-state index contributed by atoms with van der Waals surface area (Å²) in [6.07, 6.45) is -3.01. The van der Waals surface area contributed by atoms with Gasteiger partial charge in [-0.05, 0) is 30.3 Å². The molecule has 0 aliphatic heterocycles. The number of aryl methyl sites for hydroxylation is 1. The first kappa shape index (κ1) is 13.2. The summed E-state index contributed by atoms with van der Waals surface area (Å²) in [5.74, 6) is -0.571. The van der Waals surface area contributed by atoms with Gasteiger partial charge in [-0.1, -0.05) is 0 Å². The van der Waals surface area contributed by atoms with Crippen LogP contribution in [0.1, 0.15) is 5.56 Å². The summed E-state index contributed by atoms with van der Waals surface area (Å²) < 4.78 is 38.7. The summed E-state index contributed by atoms with van der Waals surface area (Å²) in [4.78, 5) is 11.8. The number of nitrogens with zero attached hydrogens (tertiary/aromatic N) is 1. The van der Waals surface area contributed by atoms with E-state index in [4.69, 9.17) is 0 Å². The lowest BCUT2D eigenvalue weighted by atomic mass is 10.0. The molecule has 0 saturated carbocycles. The van der Waals surface area contributed by atoms with E-state index < -0.39 is 23.0 Å². The predicted octanol–water partition coefficient (Wildman–Crippen LogP) is 2.78. The molecule has 100 valence electrons. The molecule has 0 aliphatic carbocycles. The van der Waals surface area contributed by atoms with Crippen LogP contribution >= 0.6 is 0 Å². The zero-order valence-electron chi connectivity index (χ0n) is 9.90. The number of aromatic nitrogens is 1. The molecule has 0 bridgehead atoms. The number of aromatic hydroxyl groups is 1. The Hall–Kier alpha value is -2.24. The second kappa shape index (κ2) is 4.46. The molecule has 3 nitrogen and oxygen atoms in total. The molecule has 0 atom stereocenters. The van der Waals surface area contributed by atoms with E-state index in [0.29, 0.717) is 6.07 Å². The number of hydrogen-bond donors (Lipinski definition) is 1. The largest absolute Gasteiger partial charge is 0.507 e. The van der Waals surface area contributed by atoms with E-state index in [2.05, 4.69) is 0 Å². The molecule has 19 heavy (non-hydrogen) atoms. The fourth-order valence-electron chi connectivity index (χ4n) is 1.74. The molecule has 1 N–H and O–H groups in total. The fraction of sp³-hybridized carbons (Fsp3) is 0.154. The van der Waals surface area contributed by atoms with Crippen molar-refractivity contribution in [2.75, 3.05) is 0 Å². The molecule has 0 aliphatic rings. The summed E-state index contributed by atoms with van der Waals surface area (Å²) in [6, 6.07) is 5.57. The topological polar surface area (TPSA) is 42.2 Å². The first-order valence-corrected chi connectivity index (χ1v) is 5.37. The number of phenolic OH excluding ortho intramolecular Hbond substituents is 1. The maximum Gasteiger partial charge on any atom is 0.416 e. The van der Waals surface area contributed by atoms with Gasteiger partial charge in [0, 0.05) is 18.8 Å². The van der Waals surface area contributed by atoms with E-state index in [1.54, 1.807) is 6.07 Å². The van der Waals surface area contributed by atoms with E-state index in [9.17, 15) is 23.1 Å². The lowest BCUT2D eigenvalue weighted by molar-refractivity contribution is -0.137. The standard InChI is InChI=1S/C13H10F3NO2/c1-17-6-2-3-10(12(17)19)9-5-4-8(7-11(9)18)13(14,15)16/h2-7,18H,1H3. The van der Waals surface area contributed by atoms with Crippen molar-refractivity contribution in [3.63, 3.8) is 0 Å². The molecule has 2 rings (SSSR count). The molecule has 6 heteroatoms. The number of rotatable bonds is 1. The summed E-state index contributed by atoms with van der Waals surface area (Å²) in [5.41, 5.74) is -1.12. The minimum atomic E-state index is -4.53. The smallest absolute Gasteiger partial charge is 0.416 e. The summed E-state index contributed by atoms with van der Waals surface area (Å²) in [5, 5.41) is 9.68. The van der Waals surface area contributed by atoms with Crippen molar-refractivity contribution < 1.29 is 18.3 Å². The number of benzene rings is 1. The predicted molar refractivity (Wildman–Crippen MR) is 63.8 cm³/mol. The molecule has 1 heterocycles. The molecule has 1 aromatic carbocycles. The molecule has 0 unspecified atom stereocenters. The molecule has 2 aromatic rings. The van der Waals surface area contributed by atoms with Gasteiger partial charge in [0.05, 0.1) is 11.1 Å². The third-order valence-electron chi connectivity index (χ3n) is 2.74. The van der Waals surface area contributed by atoms with Gasteiger partial charge in [-0.3, -0.25) is 4.79 Å². The zero-order valence-corrected chi connectivity index (χ0v) is 9.90. The first-order chi connectivity index (χ1) is 8.80. The molecule has 1 aromatic heterocycles. The van der Waals surface area contributed by atoms with Crippen molar-refractivity contribution in [1.82, 2.24) is 4.57 Å². The highest BCUT2D eigenvalue weighted by molar-refractivity contribution is 5.69. The van der Waals surface area contributed by atoms with Crippen LogP contribution in [0.5, 0.6) is 5.75 Å². The van der Waals surface area contributed by atoms with Crippen LogP contribution in [-0.2, 0) is 13.2 Å². The van der Waals surface area contributed by atoms with Gasteiger partial charge < -0.3 is 9.67 Å². The van der Waals surface area contributed by atoms with Gasteiger partial charge in [0.2, 0.25) is 0 Å². The molecule has 0 saturated heterocycles. The van der Waals surface area contributed by atoms with Crippen LogP contribution in [0.3, 0.4) is 0 Å². The average Bonchev–Trinajstić information content (AvgIpc) is 2.32.